The van der Waals surface area contributed by atoms with Gasteiger partial charge in [0.05, 0.1) is 11.6 Å². The van der Waals surface area contributed by atoms with Gasteiger partial charge in [-0.15, -0.1) is 0 Å². The monoisotopic (exact) mass is 356 g/mol. The molecule has 0 atom stereocenters. The zero-order valence-electron chi connectivity index (χ0n) is 14.5. The molecule has 0 spiro atoms. The van der Waals surface area contributed by atoms with E-state index in [4.69, 9.17) is 20.9 Å². The van der Waals surface area contributed by atoms with E-state index in [0.29, 0.717) is 29.1 Å². The molecule has 0 aliphatic rings. The molecule has 0 amide bonds. The van der Waals surface area contributed by atoms with Gasteiger partial charge in [-0.2, -0.15) is 4.98 Å². The first-order valence-electron chi connectivity index (χ1n) is 8.51. The molecule has 3 aromatic rings. The first-order chi connectivity index (χ1) is 12.2. The Morgan fingerprint density at radius 3 is 2.72 bits per heavy atom. The van der Waals surface area contributed by atoms with E-state index in [1.807, 2.05) is 49.4 Å². The minimum absolute atomic E-state index is 0.504. The summed E-state index contributed by atoms with van der Waals surface area (Å²) >= 11 is 6.33. The van der Waals surface area contributed by atoms with Crippen LogP contribution >= 0.6 is 11.6 Å². The van der Waals surface area contributed by atoms with Gasteiger partial charge in [0, 0.05) is 11.1 Å². The highest BCUT2D eigenvalue weighted by Gasteiger charge is 2.13. The van der Waals surface area contributed by atoms with Crippen LogP contribution in [0.25, 0.3) is 22.8 Å². The van der Waals surface area contributed by atoms with E-state index in [2.05, 4.69) is 17.1 Å². The summed E-state index contributed by atoms with van der Waals surface area (Å²) in [6.07, 6.45) is 3.34. The van der Waals surface area contributed by atoms with E-state index in [1.54, 1.807) is 0 Å². The van der Waals surface area contributed by atoms with Crippen molar-refractivity contribution in [3.63, 3.8) is 0 Å². The van der Waals surface area contributed by atoms with Crippen LogP contribution in [0.4, 0.5) is 0 Å². The molecule has 2 aromatic carbocycles. The average Bonchev–Trinajstić information content (AvgIpc) is 3.10. The molecule has 0 saturated carbocycles. The van der Waals surface area contributed by atoms with E-state index in [-0.39, 0.29) is 0 Å². The van der Waals surface area contributed by atoms with Crippen LogP contribution in [0.1, 0.15) is 31.7 Å². The Kier molecular flexibility index (Phi) is 5.71. The van der Waals surface area contributed by atoms with E-state index in [0.717, 1.165) is 36.0 Å². The molecule has 0 bridgehead atoms. The normalized spacial score (nSPS) is 10.8. The SMILES string of the molecule is CCCCCOc1ccc(-c2noc(-c3ccccc3C)n2)cc1Cl. The summed E-state index contributed by atoms with van der Waals surface area (Å²) in [7, 11) is 0. The van der Waals surface area contributed by atoms with Crippen molar-refractivity contribution in [3.8, 4) is 28.6 Å². The van der Waals surface area contributed by atoms with Gasteiger partial charge in [-0.1, -0.05) is 54.7 Å². The Hall–Kier alpha value is -2.33. The van der Waals surface area contributed by atoms with E-state index < -0.39 is 0 Å². The van der Waals surface area contributed by atoms with Crippen LogP contribution in [0.2, 0.25) is 5.02 Å². The molecule has 3 rings (SSSR count). The number of ether oxygens (including phenoxy) is 1. The number of hydrogen-bond donors (Lipinski definition) is 0. The molecule has 25 heavy (non-hydrogen) atoms. The maximum atomic E-state index is 6.33. The Balaban J connectivity index is 1.77. The molecule has 0 radical (unpaired) electrons. The van der Waals surface area contributed by atoms with Gasteiger partial charge in [-0.25, -0.2) is 0 Å². The van der Waals surface area contributed by atoms with Crippen LogP contribution in [0.15, 0.2) is 47.0 Å². The smallest absolute Gasteiger partial charge is 0.258 e. The van der Waals surface area contributed by atoms with Gasteiger partial charge in [0.25, 0.3) is 5.89 Å². The molecule has 4 nitrogen and oxygen atoms in total. The summed E-state index contributed by atoms with van der Waals surface area (Å²) in [5.41, 5.74) is 2.82. The van der Waals surface area contributed by atoms with Crippen LogP contribution in [0, 0.1) is 6.92 Å². The molecular weight excluding hydrogens is 336 g/mol. The number of aryl methyl sites for hydroxylation is 1. The van der Waals surface area contributed by atoms with Crippen LogP contribution in [0.3, 0.4) is 0 Å². The van der Waals surface area contributed by atoms with Gasteiger partial charge in [-0.3, -0.25) is 0 Å². The zero-order valence-corrected chi connectivity index (χ0v) is 15.2. The minimum Gasteiger partial charge on any atom is -0.492 e. The van der Waals surface area contributed by atoms with Crippen molar-refractivity contribution >= 4 is 11.6 Å². The number of hydrogen-bond acceptors (Lipinski definition) is 4. The van der Waals surface area contributed by atoms with Crippen molar-refractivity contribution in [3.05, 3.63) is 53.1 Å². The van der Waals surface area contributed by atoms with Gasteiger partial charge in [0.1, 0.15) is 5.75 Å². The fourth-order valence-corrected chi connectivity index (χ4v) is 2.79. The Labute approximate surface area is 152 Å². The second-order valence-electron chi connectivity index (χ2n) is 5.94. The number of benzene rings is 2. The molecule has 130 valence electrons. The third-order valence-electron chi connectivity index (χ3n) is 4.00. The van der Waals surface area contributed by atoms with E-state index >= 15 is 0 Å². The summed E-state index contributed by atoms with van der Waals surface area (Å²) in [5.74, 6) is 1.70. The molecule has 0 unspecified atom stereocenters. The number of halogens is 1. The summed E-state index contributed by atoms with van der Waals surface area (Å²) in [6, 6.07) is 13.5. The fraction of sp³-hybridized carbons (Fsp3) is 0.300. The standard InChI is InChI=1S/C20H21ClN2O2/c1-3-4-7-12-24-18-11-10-15(13-17(18)21)19-22-20(25-23-19)16-9-6-5-8-14(16)2/h5-6,8-11,13H,3-4,7,12H2,1-2H3. The van der Waals surface area contributed by atoms with E-state index in [1.165, 1.54) is 0 Å². The second-order valence-corrected chi connectivity index (χ2v) is 6.35. The highest BCUT2D eigenvalue weighted by Crippen LogP contribution is 2.31. The van der Waals surface area contributed by atoms with Crippen molar-refractivity contribution in [2.45, 2.75) is 33.1 Å². The number of unbranched alkanes of at least 4 members (excludes halogenated alkanes) is 2. The quantitative estimate of drug-likeness (QED) is 0.492. The molecule has 0 aliphatic carbocycles. The minimum atomic E-state index is 0.504. The average molecular weight is 357 g/mol. The topological polar surface area (TPSA) is 48.2 Å². The van der Waals surface area contributed by atoms with E-state index in [9.17, 15) is 0 Å². The number of rotatable bonds is 7. The lowest BCUT2D eigenvalue weighted by molar-refractivity contribution is 0.306. The van der Waals surface area contributed by atoms with Crippen LogP contribution in [-0.4, -0.2) is 16.7 Å². The summed E-state index contributed by atoms with van der Waals surface area (Å²) in [5, 5.41) is 4.63. The molecule has 0 saturated heterocycles. The fourth-order valence-electron chi connectivity index (χ4n) is 2.55. The second kappa shape index (κ2) is 8.17. The first kappa shape index (κ1) is 17.5. The summed E-state index contributed by atoms with van der Waals surface area (Å²) in [6.45, 7) is 4.85. The van der Waals surface area contributed by atoms with Crippen LogP contribution in [0.5, 0.6) is 5.75 Å². The number of aromatic nitrogens is 2. The van der Waals surface area contributed by atoms with Crippen molar-refractivity contribution in [1.29, 1.82) is 0 Å². The van der Waals surface area contributed by atoms with Gasteiger partial charge in [0.2, 0.25) is 5.82 Å². The van der Waals surface area contributed by atoms with Crippen molar-refractivity contribution in [1.82, 2.24) is 10.1 Å². The summed E-state index contributed by atoms with van der Waals surface area (Å²) in [4.78, 5) is 4.49. The van der Waals surface area contributed by atoms with Crippen LogP contribution in [-0.2, 0) is 0 Å². The Bertz CT molecular complexity index is 845. The van der Waals surface area contributed by atoms with Gasteiger partial charge in [-0.05, 0) is 43.2 Å². The van der Waals surface area contributed by atoms with Gasteiger partial charge in [0.15, 0.2) is 0 Å². The molecule has 0 aliphatic heterocycles. The predicted octanol–water partition coefficient (Wildman–Crippen LogP) is 5.93. The Morgan fingerprint density at radius 2 is 1.96 bits per heavy atom. The Morgan fingerprint density at radius 1 is 1.12 bits per heavy atom. The molecule has 1 aromatic heterocycles. The first-order valence-corrected chi connectivity index (χ1v) is 8.89. The third kappa shape index (κ3) is 4.20. The van der Waals surface area contributed by atoms with Crippen molar-refractivity contribution in [2.24, 2.45) is 0 Å². The van der Waals surface area contributed by atoms with Crippen molar-refractivity contribution < 1.29 is 9.26 Å². The predicted molar refractivity (Wildman–Crippen MR) is 99.9 cm³/mol. The lowest BCUT2D eigenvalue weighted by Crippen LogP contribution is -1.97. The maximum Gasteiger partial charge on any atom is 0.258 e. The van der Waals surface area contributed by atoms with Gasteiger partial charge >= 0.3 is 0 Å². The van der Waals surface area contributed by atoms with Crippen molar-refractivity contribution in [2.75, 3.05) is 6.61 Å². The maximum absolute atomic E-state index is 6.33. The largest absolute Gasteiger partial charge is 0.492 e. The number of nitrogens with zero attached hydrogens (tertiary/aromatic N) is 2. The summed E-state index contributed by atoms with van der Waals surface area (Å²) < 4.78 is 11.1. The molecular formula is C20H21ClN2O2. The molecule has 1 heterocycles. The van der Waals surface area contributed by atoms with Gasteiger partial charge < -0.3 is 9.26 Å². The third-order valence-corrected chi connectivity index (χ3v) is 4.29. The highest BCUT2D eigenvalue weighted by molar-refractivity contribution is 6.32. The zero-order chi connectivity index (χ0) is 17.6. The lowest BCUT2D eigenvalue weighted by atomic mass is 10.1. The molecule has 0 fully saturated rings. The molecule has 5 heteroatoms. The van der Waals surface area contributed by atoms with Crippen LogP contribution < -0.4 is 4.74 Å². The lowest BCUT2D eigenvalue weighted by Gasteiger charge is -2.08. The molecule has 0 N–H and O–H groups in total. The highest BCUT2D eigenvalue weighted by atomic mass is 35.5.